The number of H-pyrrole nitrogens is 1. The van der Waals surface area contributed by atoms with Crippen LogP contribution in [0.4, 0.5) is 0 Å². The Morgan fingerprint density at radius 2 is 1.92 bits per heavy atom. The number of carbonyl (C=O) groups is 1. The van der Waals surface area contributed by atoms with Gasteiger partial charge in [-0.25, -0.2) is 0 Å². The third-order valence-electron chi connectivity index (χ3n) is 5.54. The van der Waals surface area contributed by atoms with Gasteiger partial charge >= 0.3 is 0 Å². The Morgan fingerprint density at radius 1 is 1.19 bits per heavy atom. The molecule has 9 heteroatoms. The Kier molecular flexibility index (Phi) is 7.08. The Labute approximate surface area is 165 Å². The fourth-order valence-corrected chi connectivity index (χ4v) is 4.10. The van der Waals surface area contributed by atoms with E-state index in [1.807, 2.05) is 34.2 Å². The highest BCUT2D eigenvalue weighted by Gasteiger charge is 2.45. The second-order valence-electron chi connectivity index (χ2n) is 6.83. The molecule has 2 saturated heterocycles. The average molecular weight is 401 g/mol. The summed E-state index contributed by atoms with van der Waals surface area (Å²) >= 11 is 0. The summed E-state index contributed by atoms with van der Waals surface area (Å²) in [6.07, 6.45) is 11.2. The first-order valence-corrected chi connectivity index (χ1v) is 8.78. The number of hydrogen-bond donors (Lipinski definition) is 2. The van der Waals surface area contributed by atoms with Crippen molar-refractivity contribution in [3.05, 3.63) is 36.4 Å². The maximum Gasteiger partial charge on any atom is 0.250 e. The van der Waals surface area contributed by atoms with Gasteiger partial charge in [-0.3, -0.25) is 14.6 Å². The quantitative estimate of drug-likeness (QED) is 0.824. The lowest BCUT2D eigenvalue weighted by molar-refractivity contribution is -0.144. The van der Waals surface area contributed by atoms with E-state index in [1.165, 1.54) is 5.56 Å². The van der Waals surface area contributed by atoms with Gasteiger partial charge in [0.15, 0.2) is 0 Å². The van der Waals surface area contributed by atoms with Gasteiger partial charge in [0.2, 0.25) is 0 Å². The van der Waals surface area contributed by atoms with E-state index in [-0.39, 0.29) is 30.7 Å². The van der Waals surface area contributed by atoms with E-state index >= 15 is 0 Å². The molecule has 4 heterocycles. The summed E-state index contributed by atoms with van der Waals surface area (Å²) in [4.78, 5) is 15.4. The van der Waals surface area contributed by atoms with Gasteiger partial charge in [0.25, 0.3) is 5.91 Å². The normalized spacial score (nSPS) is 20.1. The number of carbonyl (C=O) groups excluding carboxylic acids is 1. The van der Waals surface area contributed by atoms with Crippen LogP contribution in [-0.2, 0) is 10.3 Å². The highest BCUT2D eigenvalue weighted by Crippen LogP contribution is 2.33. The van der Waals surface area contributed by atoms with Gasteiger partial charge in [-0.2, -0.15) is 10.2 Å². The molecule has 2 aromatic rings. The summed E-state index contributed by atoms with van der Waals surface area (Å²) in [7, 11) is 0. The largest absolute Gasteiger partial charge is 0.341 e. The van der Waals surface area contributed by atoms with Crippen molar-refractivity contribution in [2.75, 3.05) is 26.2 Å². The Morgan fingerprint density at radius 3 is 2.50 bits per heavy atom. The van der Waals surface area contributed by atoms with Crippen LogP contribution < -0.4 is 5.32 Å². The number of amides is 1. The molecule has 2 N–H and O–H groups in total. The van der Waals surface area contributed by atoms with Crippen LogP contribution in [0, 0.1) is 0 Å². The number of hydrogen-bond acceptors (Lipinski definition) is 4. The van der Waals surface area contributed by atoms with Crippen molar-refractivity contribution in [2.24, 2.45) is 0 Å². The molecule has 2 fully saturated rings. The van der Waals surface area contributed by atoms with Crippen molar-refractivity contribution >= 4 is 30.7 Å². The van der Waals surface area contributed by atoms with E-state index in [9.17, 15) is 4.79 Å². The number of aromatic nitrogens is 4. The lowest BCUT2D eigenvalue weighted by Gasteiger charge is -2.42. The van der Waals surface area contributed by atoms with Gasteiger partial charge in [0, 0.05) is 31.7 Å². The van der Waals surface area contributed by atoms with Gasteiger partial charge in [-0.1, -0.05) is 0 Å². The molecule has 7 nitrogen and oxygen atoms in total. The SMILES string of the molecule is Cl.Cl.O=C(N1CCC(c2cn[nH]c2)CC1)C1(n2cccn2)CCNCC1. The third-order valence-corrected chi connectivity index (χ3v) is 5.54. The van der Waals surface area contributed by atoms with E-state index < -0.39 is 5.54 Å². The first-order valence-electron chi connectivity index (χ1n) is 8.78. The van der Waals surface area contributed by atoms with E-state index in [4.69, 9.17) is 0 Å². The van der Waals surface area contributed by atoms with Crippen LogP contribution in [-0.4, -0.2) is 57.0 Å². The maximum absolute atomic E-state index is 13.4. The first-order chi connectivity index (χ1) is 11.8. The summed E-state index contributed by atoms with van der Waals surface area (Å²) in [6, 6.07) is 1.90. The van der Waals surface area contributed by atoms with Crippen molar-refractivity contribution in [3.63, 3.8) is 0 Å². The summed E-state index contributed by atoms with van der Waals surface area (Å²) < 4.78 is 1.89. The smallest absolute Gasteiger partial charge is 0.250 e. The van der Waals surface area contributed by atoms with Crippen molar-refractivity contribution in [3.8, 4) is 0 Å². The number of aromatic amines is 1. The summed E-state index contributed by atoms with van der Waals surface area (Å²) in [5.74, 6) is 0.736. The van der Waals surface area contributed by atoms with Crippen LogP contribution in [0.3, 0.4) is 0 Å². The molecule has 0 bridgehead atoms. The Hall–Kier alpha value is -1.57. The average Bonchev–Trinajstić information content (AvgIpc) is 3.35. The zero-order valence-electron chi connectivity index (χ0n) is 14.6. The van der Waals surface area contributed by atoms with E-state index in [2.05, 4.69) is 20.6 Å². The Balaban J connectivity index is 0.00000121. The van der Waals surface area contributed by atoms with Crippen LogP contribution in [0.2, 0.25) is 0 Å². The van der Waals surface area contributed by atoms with Gasteiger partial charge in [-0.05, 0) is 56.3 Å². The molecule has 2 aliphatic heterocycles. The third kappa shape index (κ3) is 3.75. The monoisotopic (exact) mass is 400 g/mol. The molecule has 0 aromatic carbocycles. The number of halogens is 2. The van der Waals surface area contributed by atoms with E-state index in [0.29, 0.717) is 5.92 Å². The molecule has 0 aliphatic carbocycles. The zero-order valence-corrected chi connectivity index (χ0v) is 16.3. The van der Waals surface area contributed by atoms with Crippen molar-refractivity contribution < 1.29 is 4.79 Å². The second-order valence-corrected chi connectivity index (χ2v) is 6.83. The summed E-state index contributed by atoms with van der Waals surface area (Å²) in [6.45, 7) is 3.34. The van der Waals surface area contributed by atoms with E-state index in [0.717, 1.165) is 51.9 Å². The fourth-order valence-electron chi connectivity index (χ4n) is 4.10. The topological polar surface area (TPSA) is 78.8 Å². The van der Waals surface area contributed by atoms with Gasteiger partial charge in [-0.15, -0.1) is 24.8 Å². The molecule has 0 radical (unpaired) electrons. The maximum atomic E-state index is 13.4. The number of nitrogens with one attached hydrogen (secondary N) is 2. The number of rotatable bonds is 3. The second kappa shape index (κ2) is 8.88. The molecule has 0 saturated carbocycles. The minimum Gasteiger partial charge on any atom is -0.341 e. The number of nitrogens with zero attached hydrogens (tertiary/aromatic N) is 4. The minimum atomic E-state index is -0.517. The molecule has 0 spiro atoms. The fraction of sp³-hybridized carbons (Fsp3) is 0.588. The molecule has 4 rings (SSSR count). The van der Waals surface area contributed by atoms with Crippen molar-refractivity contribution in [2.45, 2.75) is 37.1 Å². The predicted octanol–water partition coefficient (Wildman–Crippen LogP) is 1.93. The minimum absolute atomic E-state index is 0. The zero-order chi connectivity index (χ0) is 16.4. The lowest BCUT2D eigenvalue weighted by Crippen LogP contribution is -2.56. The Bertz CT molecular complexity index is 662. The first kappa shape index (κ1) is 20.7. The van der Waals surface area contributed by atoms with Crippen LogP contribution >= 0.6 is 24.8 Å². The summed E-state index contributed by atoms with van der Waals surface area (Å²) in [5, 5.41) is 14.7. The molecule has 0 unspecified atom stereocenters. The molecule has 2 aliphatic rings. The van der Waals surface area contributed by atoms with Crippen molar-refractivity contribution in [1.82, 2.24) is 30.2 Å². The summed E-state index contributed by atoms with van der Waals surface area (Å²) in [5.41, 5.74) is 0.739. The van der Waals surface area contributed by atoms with Gasteiger partial charge < -0.3 is 10.2 Å². The predicted molar refractivity (Wildman–Crippen MR) is 104 cm³/mol. The molecular formula is C17H26Cl2N6O. The van der Waals surface area contributed by atoms with Gasteiger partial charge in [0.1, 0.15) is 5.54 Å². The van der Waals surface area contributed by atoms with Crippen LogP contribution in [0.5, 0.6) is 0 Å². The van der Waals surface area contributed by atoms with Crippen LogP contribution in [0.15, 0.2) is 30.9 Å². The molecule has 0 atom stereocenters. The standard InChI is InChI=1S/C17H24N6O.2ClH/c24-16(17(4-7-18-8-5-17)23-9-1-6-21-23)22-10-2-14(3-11-22)15-12-19-20-13-15;;/h1,6,9,12-14,18H,2-5,7-8,10-11H2,(H,19,20);2*1H. The number of likely N-dealkylation sites (tertiary alicyclic amines) is 1. The number of piperidine rings is 2. The van der Waals surface area contributed by atoms with Crippen LogP contribution in [0.25, 0.3) is 0 Å². The highest BCUT2D eigenvalue weighted by atomic mass is 35.5. The van der Waals surface area contributed by atoms with Crippen molar-refractivity contribution in [1.29, 1.82) is 0 Å². The van der Waals surface area contributed by atoms with E-state index in [1.54, 1.807) is 6.20 Å². The molecule has 1 amide bonds. The van der Waals surface area contributed by atoms with Gasteiger partial charge in [0.05, 0.1) is 6.20 Å². The lowest BCUT2D eigenvalue weighted by atomic mass is 9.85. The molecular weight excluding hydrogens is 375 g/mol. The molecule has 144 valence electrons. The highest BCUT2D eigenvalue weighted by molar-refractivity contribution is 5.86. The molecule has 26 heavy (non-hydrogen) atoms. The molecule has 2 aromatic heterocycles. The van der Waals surface area contributed by atoms with Crippen LogP contribution in [0.1, 0.15) is 37.2 Å².